The van der Waals surface area contributed by atoms with E-state index in [2.05, 4.69) is 26.7 Å². The molecule has 1 amide bonds. The zero-order chi connectivity index (χ0) is 19.2. The van der Waals surface area contributed by atoms with Crippen molar-refractivity contribution >= 4 is 17.5 Å². The topological polar surface area (TPSA) is 85.4 Å². The normalized spacial score (nSPS) is 15.5. The Morgan fingerprint density at radius 2 is 1.89 bits per heavy atom. The maximum Gasteiger partial charge on any atom is 0.258 e. The summed E-state index contributed by atoms with van der Waals surface area (Å²) in [7, 11) is 0. The SMILES string of the molecule is O=C(Nc1ccc2c(c1)OCCO2)c1cnc(NCCC2=CCCCC2)nc1. The molecule has 2 aliphatic rings. The van der Waals surface area contributed by atoms with Crippen molar-refractivity contribution in [2.75, 3.05) is 30.4 Å². The molecular formula is C21H24N4O3. The van der Waals surface area contributed by atoms with Gasteiger partial charge in [0.25, 0.3) is 5.91 Å². The van der Waals surface area contributed by atoms with Gasteiger partial charge in [0.2, 0.25) is 5.95 Å². The van der Waals surface area contributed by atoms with Gasteiger partial charge in [-0.1, -0.05) is 11.6 Å². The van der Waals surface area contributed by atoms with Crippen LogP contribution in [0, 0.1) is 0 Å². The number of nitrogens with zero attached hydrogens (tertiary/aromatic N) is 2. The molecule has 28 heavy (non-hydrogen) atoms. The average Bonchev–Trinajstić information content (AvgIpc) is 2.75. The van der Waals surface area contributed by atoms with Gasteiger partial charge in [0, 0.05) is 30.7 Å². The summed E-state index contributed by atoms with van der Waals surface area (Å²) in [4.78, 5) is 20.9. The molecule has 146 valence electrons. The van der Waals surface area contributed by atoms with Crippen LogP contribution in [0.15, 0.2) is 42.2 Å². The van der Waals surface area contributed by atoms with Crippen LogP contribution in [0.4, 0.5) is 11.6 Å². The van der Waals surface area contributed by atoms with Crippen molar-refractivity contribution in [2.45, 2.75) is 32.1 Å². The molecule has 1 aliphatic heterocycles. The van der Waals surface area contributed by atoms with E-state index in [-0.39, 0.29) is 5.91 Å². The van der Waals surface area contributed by atoms with Crippen molar-refractivity contribution in [3.05, 3.63) is 47.8 Å². The number of hydrogen-bond acceptors (Lipinski definition) is 6. The predicted octanol–water partition coefficient (Wildman–Crippen LogP) is 3.80. The lowest BCUT2D eigenvalue weighted by Crippen LogP contribution is -2.17. The number of nitrogens with one attached hydrogen (secondary N) is 2. The largest absolute Gasteiger partial charge is 0.486 e. The first-order valence-electron chi connectivity index (χ1n) is 9.73. The standard InChI is InChI=1S/C21H24N4O3/c26-20(25-17-6-7-18-19(12-17)28-11-10-27-18)16-13-23-21(24-14-16)22-9-8-15-4-2-1-3-5-15/h4,6-7,12-14H,1-3,5,8-11H2,(H,25,26)(H,22,23,24). The van der Waals surface area contributed by atoms with Crippen LogP contribution in [0.2, 0.25) is 0 Å². The number of ether oxygens (including phenoxy) is 2. The van der Waals surface area contributed by atoms with Gasteiger partial charge in [-0.25, -0.2) is 9.97 Å². The Balaban J connectivity index is 1.30. The molecule has 7 heteroatoms. The summed E-state index contributed by atoms with van der Waals surface area (Å²) in [5.74, 6) is 1.59. The second-order valence-electron chi connectivity index (χ2n) is 6.89. The fraction of sp³-hybridized carbons (Fsp3) is 0.381. The number of anilines is 2. The summed E-state index contributed by atoms with van der Waals surface area (Å²) in [6.45, 7) is 1.84. The quantitative estimate of drug-likeness (QED) is 0.742. The molecule has 1 aromatic heterocycles. The first kappa shape index (κ1) is 18.3. The molecule has 0 unspecified atom stereocenters. The first-order chi connectivity index (χ1) is 13.8. The highest BCUT2D eigenvalue weighted by atomic mass is 16.6. The zero-order valence-electron chi connectivity index (χ0n) is 15.7. The van der Waals surface area contributed by atoms with E-state index >= 15 is 0 Å². The molecule has 4 rings (SSSR count). The van der Waals surface area contributed by atoms with E-state index in [0.29, 0.717) is 41.9 Å². The Kier molecular flexibility index (Phi) is 5.70. The molecule has 0 bridgehead atoms. The van der Waals surface area contributed by atoms with Crippen LogP contribution in [0.5, 0.6) is 11.5 Å². The molecule has 0 radical (unpaired) electrons. The van der Waals surface area contributed by atoms with Crippen molar-refractivity contribution in [1.82, 2.24) is 9.97 Å². The summed E-state index contributed by atoms with van der Waals surface area (Å²) in [5, 5.41) is 6.05. The van der Waals surface area contributed by atoms with E-state index in [1.807, 2.05) is 0 Å². The minimum atomic E-state index is -0.268. The highest BCUT2D eigenvalue weighted by Gasteiger charge is 2.14. The minimum Gasteiger partial charge on any atom is -0.486 e. The van der Waals surface area contributed by atoms with Crippen LogP contribution < -0.4 is 20.1 Å². The van der Waals surface area contributed by atoms with E-state index in [9.17, 15) is 4.79 Å². The van der Waals surface area contributed by atoms with Crippen molar-refractivity contribution in [3.8, 4) is 11.5 Å². The van der Waals surface area contributed by atoms with E-state index in [4.69, 9.17) is 9.47 Å². The van der Waals surface area contributed by atoms with E-state index < -0.39 is 0 Å². The van der Waals surface area contributed by atoms with Gasteiger partial charge in [-0.05, 0) is 44.2 Å². The second-order valence-corrected chi connectivity index (χ2v) is 6.89. The number of benzene rings is 1. The molecule has 0 saturated heterocycles. The Bertz CT molecular complexity index is 864. The summed E-state index contributed by atoms with van der Waals surface area (Å²) in [5.41, 5.74) is 2.54. The smallest absolute Gasteiger partial charge is 0.258 e. The number of hydrogen-bond donors (Lipinski definition) is 2. The maximum absolute atomic E-state index is 12.4. The lowest BCUT2D eigenvalue weighted by molar-refractivity contribution is 0.102. The van der Waals surface area contributed by atoms with Crippen LogP contribution in [0.3, 0.4) is 0 Å². The van der Waals surface area contributed by atoms with Gasteiger partial charge >= 0.3 is 0 Å². The van der Waals surface area contributed by atoms with Crippen molar-refractivity contribution in [3.63, 3.8) is 0 Å². The van der Waals surface area contributed by atoms with Crippen LogP contribution in [0.1, 0.15) is 42.5 Å². The van der Waals surface area contributed by atoms with Gasteiger partial charge in [0.1, 0.15) is 13.2 Å². The molecule has 1 aromatic carbocycles. The van der Waals surface area contributed by atoms with E-state index in [0.717, 1.165) is 13.0 Å². The fourth-order valence-corrected chi connectivity index (χ4v) is 3.33. The van der Waals surface area contributed by atoms with Gasteiger partial charge in [-0.15, -0.1) is 0 Å². The van der Waals surface area contributed by atoms with Gasteiger partial charge < -0.3 is 20.1 Å². The molecule has 0 fully saturated rings. The predicted molar refractivity (Wildman–Crippen MR) is 107 cm³/mol. The Morgan fingerprint density at radius 1 is 1.07 bits per heavy atom. The van der Waals surface area contributed by atoms with Crippen molar-refractivity contribution in [1.29, 1.82) is 0 Å². The third-order valence-electron chi connectivity index (χ3n) is 4.83. The number of carbonyl (C=O) groups excluding carboxylic acids is 1. The summed E-state index contributed by atoms with van der Waals surface area (Å²) in [6.07, 6.45) is 11.4. The Labute approximate surface area is 164 Å². The summed E-state index contributed by atoms with van der Waals surface area (Å²) < 4.78 is 11.0. The Morgan fingerprint density at radius 3 is 2.68 bits per heavy atom. The third kappa shape index (κ3) is 4.60. The lowest BCUT2D eigenvalue weighted by atomic mass is 9.97. The number of amides is 1. The molecule has 0 atom stereocenters. The fourth-order valence-electron chi connectivity index (χ4n) is 3.33. The van der Waals surface area contributed by atoms with Crippen molar-refractivity contribution in [2.24, 2.45) is 0 Å². The van der Waals surface area contributed by atoms with Crippen molar-refractivity contribution < 1.29 is 14.3 Å². The molecule has 0 spiro atoms. The van der Waals surface area contributed by atoms with Crippen LogP contribution in [-0.4, -0.2) is 35.6 Å². The van der Waals surface area contributed by atoms with Crippen LogP contribution >= 0.6 is 0 Å². The van der Waals surface area contributed by atoms with Crippen LogP contribution in [-0.2, 0) is 0 Å². The molecule has 2 aromatic rings. The number of rotatable bonds is 6. The Hall–Kier alpha value is -3.09. The number of aromatic nitrogens is 2. The second kappa shape index (κ2) is 8.73. The monoisotopic (exact) mass is 380 g/mol. The molecule has 2 heterocycles. The maximum atomic E-state index is 12.4. The molecule has 2 N–H and O–H groups in total. The molecule has 0 saturated carbocycles. The summed E-state index contributed by atoms with van der Waals surface area (Å²) in [6, 6.07) is 5.32. The number of fused-ring (bicyclic) bond motifs is 1. The highest BCUT2D eigenvalue weighted by molar-refractivity contribution is 6.04. The van der Waals surface area contributed by atoms with Gasteiger partial charge in [0.15, 0.2) is 11.5 Å². The molecule has 1 aliphatic carbocycles. The molecular weight excluding hydrogens is 356 g/mol. The number of carbonyl (C=O) groups is 1. The molecule has 7 nitrogen and oxygen atoms in total. The average molecular weight is 380 g/mol. The van der Waals surface area contributed by atoms with E-state index in [1.165, 1.54) is 43.7 Å². The van der Waals surface area contributed by atoms with Crippen LogP contribution in [0.25, 0.3) is 0 Å². The highest BCUT2D eigenvalue weighted by Crippen LogP contribution is 2.32. The van der Waals surface area contributed by atoms with Gasteiger partial charge in [-0.3, -0.25) is 4.79 Å². The number of allylic oxidation sites excluding steroid dienone is 1. The summed E-state index contributed by atoms with van der Waals surface area (Å²) >= 11 is 0. The lowest BCUT2D eigenvalue weighted by Gasteiger charge is -2.19. The third-order valence-corrected chi connectivity index (χ3v) is 4.83. The van der Waals surface area contributed by atoms with Gasteiger partial charge in [0.05, 0.1) is 5.56 Å². The minimum absolute atomic E-state index is 0.268. The zero-order valence-corrected chi connectivity index (χ0v) is 15.7. The first-order valence-corrected chi connectivity index (χ1v) is 9.73. The van der Waals surface area contributed by atoms with E-state index in [1.54, 1.807) is 18.2 Å². The van der Waals surface area contributed by atoms with Gasteiger partial charge in [-0.2, -0.15) is 0 Å².